The Kier molecular flexibility index (Phi) is 8.11. The largest absolute Gasteiger partial charge is 0.348 e. The average Bonchev–Trinajstić information content (AvgIpc) is 2.85. The molecular weight excluding hydrogens is 482 g/mol. The highest BCUT2D eigenvalue weighted by molar-refractivity contribution is 7.92. The van der Waals surface area contributed by atoms with Crippen LogP contribution < -0.4 is 10.0 Å². The molecule has 0 spiro atoms. The van der Waals surface area contributed by atoms with Gasteiger partial charge < -0.3 is 5.32 Å². The van der Waals surface area contributed by atoms with E-state index < -0.39 is 10.0 Å². The summed E-state index contributed by atoms with van der Waals surface area (Å²) < 4.78 is 28.4. The third kappa shape index (κ3) is 6.84. The van der Waals surface area contributed by atoms with Gasteiger partial charge in [0.1, 0.15) is 4.90 Å². The first-order chi connectivity index (χ1) is 16.8. The maximum atomic E-state index is 12.9. The summed E-state index contributed by atoms with van der Waals surface area (Å²) in [6, 6.07) is 19.4. The van der Waals surface area contributed by atoms with Gasteiger partial charge in [-0.2, -0.15) is 0 Å². The van der Waals surface area contributed by atoms with Gasteiger partial charge in [-0.15, -0.1) is 0 Å². The van der Waals surface area contributed by atoms with Crippen molar-refractivity contribution in [3.63, 3.8) is 0 Å². The van der Waals surface area contributed by atoms with Crippen molar-refractivity contribution >= 4 is 33.2 Å². The van der Waals surface area contributed by atoms with E-state index in [2.05, 4.69) is 27.1 Å². The van der Waals surface area contributed by atoms with Crippen LogP contribution >= 0.6 is 11.6 Å². The number of halogens is 1. The minimum atomic E-state index is -3.97. The van der Waals surface area contributed by atoms with Crippen molar-refractivity contribution in [3.8, 4) is 0 Å². The molecule has 3 aromatic carbocycles. The zero-order chi connectivity index (χ0) is 24.8. The summed E-state index contributed by atoms with van der Waals surface area (Å²) in [5, 5.41) is 2.94. The minimum absolute atomic E-state index is 0.0478. The molecule has 0 radical (unpaired) electrons. The predicted octanol–water partition coefficient (Wildman–Crippen LogP) is 5.37. The van der Waals surface area contributed by atoms with Crippen molar-refractivity contribution < 1.29 is 13.2 Å². The summed E-state index contributed by atoms with van der Waals surface area (Å²) in [6.45, 7) is 5.43. The summed E-state index contributed by atoms with van der Waals surface area (Å²) in [6.07, 6.45) is 3.79. The van der Waals surface area contributed by atoms with Gasteiger partial charge in [-0.25, -0.2) is 8.42 Å². The highest BCUT2D eigenvalue weighted by atomic mass is 35.5. The van der Waals surface area contributed by atoms with Crippen molar-refractivity contribution in [1.29, 1.82) is 0 Å². The number of hydrogen-bond donors (Lipinski definition) is 2. The van der Waals surface area contributed by atoms with E-state index in [9.17, 15) is 13.2 Å². The van der Waals surface area contributed by atoms with E-state index in [1.165, 1.54) is 43.0 Å². The lowest BCUT2D eigenvalue weighted by Gasteiger charge is -2.26. The highest BCUT2D eigenvalue weighted by Gasteiger charge is 2.20. The first-order valence-corrected chi connectivity index (χ1v) is 13.6. The lowest BCUT2D eigenvalue weighted by molar-refractivity contribution is 0.0950. The Labute approximate surface area is 212 Å². The molecule has 3 aromatic rings. The summed E-state index contributed by atoms with van der Waals surface area (Å²) in [5.74, 6) is -0.366. The second-order valence-corrected chi connectivity index (χ2v) is 11.0. The number of sulfonamides is 1. The maximum Gasteiger partial charge on any atom is 0.263 e. The number of aryl methyl sites for hydroxylation is 1. The Bertz CT molecular complexity index is 1290. The predicted molar refractivity (Wildman–Crippen MR) is 140 cm³/mol. The van der Waals surface area contributed by atoms with Gasteiger partial charge in [0, 0.05) is 24.3 Å². The van der Waals surface area contributed by atoms with Crippen molar-refractivity contribution in [2.45, 2.75) is 44.2 Å². The Hall–Kier alpha value is -2.87. The van der Waals surface area contributed by atoms with Crippen molar-refractivity contribution in [2.24, 2.45) is 0 Å². The van der Waals surface area contributed by atoms with Gasteiger partial charge in [0.15, 0.2) is 0 Å². The molecule has 6 nitrogen and oxygen atoms in total. The molecule has 1 aliphatic rings. The number of amides is 1. The van der Waals surface area contributed by atoms with Crippen LogP contribution in [0.25, 0.3) is 0 Å². The van der Waals surface area contributed by atoms with Crippen LogP contribution in [0.2, 0.25) is 5.02 Å². The average molecular weight is 512 g/mol. The molecule has 1 fully saturated rings. The van der Waals surface area contributed by atoms with Gasteiger partial charge in [-0.1, -0.05) is 60.0 Å². The molecule has 0 aromatic heterocycles. The number of nitrogens with one attached hydrogen (secondary N) is 2. The zero-order valence-electron chi connectivity index (χ0n) is 19.8. The van der Waals surface area contributed by atoms with Crippen LogP contribution in [0, 0.1) is 6.92 Å². The quantitative estimate of drug-likeness (QED) is 0.426. The van der Waals surface area contributed by atoms with Crippen molar-refractivity contribution in [2.75, 3.05) is 17.8 Å². The van der Waals surface area contributed by atoms with Gasteiger partial charge in [0.05, 0.1) is 5.02 Å². The molecule has 1 heterocycles. The second-order valence-electron chi connectivity index (χ2n) is 8.96. The highest BCUT2D eigenvalue weighted by Crippen LogP contribution is 2.25. The Morgan fingerprint density at radius 1 is 0.943 bits per heavy atom. The Morgan fingerprint density at radius 2 is 1.66 bits per heavy atom. The van der Waals surface area contributed by atoms with E-state index in [1.807, 2.05) is 31.2 Å². The molecule has 1 saturated heterocycles. The normalized spacial score (nSPS) is 14.5. The number of nitrogens with zero attached hydrogens (tertiary/aromatic N) is 1. The second kappa shape index (κ2) is 11.2. The molecule has 4 rings (SSSR count). The number of piperidine rings is 1. The van der Waals surface area contributed by atoms with E-state index in [0.717, 1.165) is 30.8 Å². The fourth-order valence-electron chi connectivity index (χ4n) is 4.18. The number of rotatable bonds is 8. The van der Waals surface area contributed by atoms with Crippen LogP contribution in [0.5, 0.6) is 0 Å². The van der Waals surface area contributed by atoms with Gasteiger partial charge in [0.2, 0.25) is 0 Å². The number of likely N-dealkylation sites (tertiary alicyclic amines) is 1. The smallest absolute Gasteiger partial charge is 0.263 e. The van der Waals surface area contributed by atoms with Crippen LogP contribution in [0.1, 0.15) is 46.3 Å². The van der Waals surface area contributed by atoms with Crippen LogP contribution in [0.3, 0.4) is 0 Å². The van der Waals surface area contributed by atoms with Crippen LogP contribution in [0.4, 0.5) is 5.69 Å². The molecule has 2 N–H and O–H groups in total. The number of carbonyl (C=O) groups excluding carboxylic acids is 1. The van der Waals surface area contributed by atoms with Gasteiger partial charge in [-0.3, -0.25) is 14.4 Å². The Morgan fingerprint density at radius 3 is 2.40 bits per heavy atom. The third-order valence-corrected chi connectivity index (χ3v) is 7.95. The molecule has 0 atom stereocenters. The van der Waals surface area contributed by atoms with Crippen molar-refractivity contribution in [3.05, 3.63) is 94.0 Å². The SMILES string of the molecule is Cc1ccc(NS(=O)(=O)c2cc(C(=O)NCc3cccc(CN4CCCCC4)c3)ccc2Cl)cc1. The summed E-state index contributed by atoms with van der Waals surface area (Å²) in [7, 11) is -3.97. The molecule has 0 unspecified atom stereocenters. The zero-order valence-corrected chi connectivity index (χ0v) is 21.3. The van der Waals surface area contributed by atoms with Gasteiger partial charge in [-0.05, 0) is 74.3 Å². The maximum absolute atomic E-state index is 12.9. The Balaban J connectivity index is 1.42. The third-order valence-electron chi connectivity index (χ3n) is 6.09. The molecule has 184 valence electrons. The van der Waals surface area contributed by atoms with E-state index in [-0.39, 0.29) is 21.4 Å². The molecule has 0 aliphatic carbocycles. The van der Waals surface area contributed by atoms with Crippen molar-refractivity contribution in [1.82, 2.24) is 10.2 Å². The van der Waals surface area contributed by atoms with Crippen LogP contribution in [-0.2, 0) is 23.1 Å². The van der Waals surface area contributed by atoms with Crippen LogP contribution in [0.15, 0.2) is 71.6 Å². The van der Waals surface area contributed by atoms with E-state index in [0.29, 0.717) is 12.2 Å². The molecule has 0 bridgehead atoms. The summed E-state index contributed by atoms with van der Waals surface area (Å²) in [4.78, 5) is 15.1. The fourth-order valence-corrected chi connectivity index (χ4v) is 5.77. The molecule has 1 amide bonds. The molecule has 0 saturated carbocycles. The monoisotopic (exact) mass is 511 g/mol. The first kappa shape index (κ1) is 25.2. The summed E-state index contributed by atoms with van der Waals surface area (Å²) >= 11 is 6.19. The fraction of sp³-hybridized carbons (Fsp3) is 0.296. The summed E-state index contributed by atoms with van der Waals surface area (Å²) in [5.41, 5.74) is 3.88. The molecular formula is C27H30ClN3O3S. The van der Waals surface area contributed by atoms with Gasteiger partial charge >= 0.3 is 0 Å². The molecule has 8 heteroatoms. The standard InChI is InChI=1S/C27H30ClN3O3S/c1-20-8-11-24(12-9-20)30-35(33,34)26-17-23(10-13-25(26)28)27(32)29-18-21-6-5-7-22(16-21)19-31-14-3-2-4-15-31/h5-13,16-17,30H,2-4,14-15,18-19H2,1H3,(H,29,32). The number of anilines is 1. The molecule has 1 aliphatic heterocycles. The van der Waals surface area contributed by atoms with E-state index in [4.69, 9.17) is 11.6 Å². The lowest BCUT2D eigenvalue weighted by atomic mass is 10.1. The first-order valence-electron chi connectivity index (χ1n) is 11.8. The van der Waals surface area contributed by atoms with Gasteiger partial charge in [0.25, 0.3) is 15.9 Å². The number of carbonyl (C=O) groups is 1. The van der Waals surface area contributed by atoms with Crippen LogP contribution in [-0.4, -0.2) is 32.3 Å². The number of hydrogen-bond acceptors (Lipinski definition) is 4. The van der Waals surface area contributed by atoms with E-state index in [1.54, 1.807) is 12.1 Å². The topological polar surface area (TPSA) is 78.5 Å². The lowest BCUT2D eigenvalue weighted by Crippen LogP contribution is -2.29. The molecule has 35 heavy (non-hydrogen) atoms. The number of benzene rings is 3. The minimum Gasteiger partial charge on any atom is -0.348 e. The van der Waals surface area contributed by atoms with E-state index >= 15 is 0 Å².